The lowest BCUT2D eigenvalue weighted by Crippen LogP contribution is -2.38. The molecule has 6 nitrogen and oxygen atoms in total. The van der Waals surface area contributed by atoms with Crippen LogP contribution in [0.4, 0.5) is 10.5 Å². The normalized spacial score (nSPS) is 16.3. The second-order valence-electron chi connectivity index (χ2n) is 9.46. The van der Waals surface area contributed by atoms with Crippen LogP contribution in [-0.2, 0) is 19.4 Å². The summed E-state index contributed by atoms with van der Waals surface area (Å²) in [4.78, 5) is 17.6. The van der Waals surface area contributed by atoms with Gasteiger partial charge in [0.2, 0.25) is 0 Å². The number of nitrogens with zero attached hydrogens (tertiary/aromatic N) is 2. The molecule has 6 rings (SSSR count). The summed E-state index contributed by atoms with van der Waals surface area (Å²) in [6.07, 6.45) is 6.77. The van der Waals surface area contributed by atoms with Crippen LogP contribution in [0.2, 0.25) is 0 Å². The number of carbonyl (C=O) groups excluding carboxylic acids is 1. The Hall–Kier alpha value is -3.71. The lowest BCUT2D eigenvalue weighted by molar-refractivity contribution is 0.194. The van der Waals surface area contributed by atoms with Crippen LogP contribution in [0.3, 0.4) is 0 Å². The molecule has 0 fully saturated rings. The summed E-state index contributed by atoms with van der Waals surface area (Å²) >= 11 is 1.89. The van der Waals surface area contributed by atoms with E-state index in [9.17, 15) is 4.79 Å². The monoisotopic (exact) mass is 513 g/mol. The molecule has 37 heavy (non-hydrogen) atoms. The van der Waals surface area contributed by atoms with Gasteiger partial charge in [0.1, 0.15) is 16.5 Å². The van der Waals surface area contributed by atoms with Crippen molar-refractivity contribution in [1.82, 2.24) is 9.47 Å². The first-order valence-corrected chi connectivity index (χ1v) is 13.7. The van der Waals surface area contributed by atoms with E-state index in [4.69, 9.17) is 9.47 Å². The first-order chi connectivity index (χ1) is 18.2. The summed E-state index contributed by atoms with van der Waals surface area (Å²) in [6.45, 7) is 3.02. The van der Waals surface area contributed by atoms with Crippen molar-refractivity contribution in [2.75, 3.05) is 19.0 Å². The Morgan fingerprint density at radius 1 is 1.03 bits per heavy atom. The summed E-state index contributed by atoms with van der Waals surface area (Å²) < 4.78 is 13.5. The SMILES string of the molecule is CCOc1ccccc1NC(=O)N1Cc2c(sc3c2CCCC3)-n2cccc2[C@@H]1c1ccc(OC)cc1. The van der Waals surface area contributed by atoms with Gasteiger partial charge in [0, 0.05) is 16.6 Å². The minimum absolute atomic E-state index is 0.149. The Labute approximate surface area is 221 Å². The number of thiophene rings is 1. The fourth-order valence-corrected chi connectivity index (χ4v) is 6.97. The Morgan fingerprint density at radius 3 is 2.65 bits per heavy atom. The summed E-state index contributed by atoms with van der Waals surface area (Å²) in [6, 6.07) is 19.5. The van der Waals surface area contributed by atoms with Gasteiger partial charge in [0.05, 0.1) is 37.7 Å². The van der Waals surface area contributed by atoms with Crippen LogP contribution in [0.1, 0.15) is 53.1 Å². The van der Waals surface area contributed by atoms with E-state index in [-0.39, 0.29) is 12.1 Å². The van der Waals surface area contributed by atoms with Crippen LogP contribution in [0.25, 0.3) is 5.00 Å². The molecular formula is C30H31N3O3S. The zero-order valence-electron chi connectivity index (χ0n) is 21.2. The van der Waals surface area contributed by atoms with Gasteiger partial charge in [0.15, 0.2) is 0 Å². The van der Waals surface area contributed by atoms with Crippen LogP contribution >= 0.6 is 11.3 Å². The number of rotatable bonds is 5. The van der Waals surface area contributed by atoms with E-state index in [1.165, 1.54) is 33.8 Å². The molecule has 0 spiro atoms. The molecular weight excluding hydrogens is 482 g/mol. The molecule has 0 saturated heterocycles. The Kier molecular flexibility index (Phi) is 6.38. The van der Waals surface area contributed by atoms with Gasteiger partial charge in [-0.05, 0) is 80.1 Å². The molecule has 0 radical (unpaired) electrons. The van der Waals surface area contributed by atoms with Crippen molar-refractivity contribution in [3.63, 3.8) is 0 Å². The number of ether oxygens (including phenoxy) is 2. The third kappa shape index (κ3) is 4.27. The molecule has 3 heterocycles. The van der Waals surface area contributed by atoms with Gasteiger partial charge in [-0.1, -0.05) is 24.3 Å². The second-order valence-corrected chi connectivity index (χ2v) is 10.5. The summed E-state index contributed by atoms with van der Waals surface area (Å²) in [7, 11) is 1.67. The minimum Gasteiger partial charge on any atom is -0.497 e. The molecule has 2 amide bonds. The highest BCUT2D eigenvalue weighted by Crippen LogP contribution is 2.44. The molecule has 1 N–H and O–H groups in total. The zero-order chi connectivity index (χ0) is 25.4. The maximum Gasteiger partial charge on any atom is 0.323 e. The highest BCUT2D eigenvalue weighted by Gasteiger charge is 2.36. The predicted octanol–water partition coefficient (Wildman–Crippen LogP) is 6.96. The van der Waals surface area contributed by atoms with Crippen LogP contribution in [0.15, 0.2) is 66.9 Å². The molecule has 2 aromatic heterocycles. The fourth-order valence-electron chi connectivity index (χ4n) is 5.56. The van der Waals surface area contributed by atoms with E-state index in [0.717, 1.165) is 29.8 Å². The van der Waals surface area contributed by atoms with Crippen LogP contribution in [0.5, 0.6) is 11.5 Å². The van der Waals surface area contributed by atoms with Gasteiger partial charge in [-0.3, -0.25) is 0 Å². The average molecular weight is 514 g/mol. The molecule has 0 saturated carbocycles. The molecule has 7 heteroatoms. The molecule has 0 unspecified atom stereocenters. The Bertz CT molecular complexity index is 1420. The van der Waals surface area contributed by atoms with Gasteiger partial charge in [-0.25, -0.2) is 4.79 Å². The topological polar surface area (TPSA) is 55.7 Å². The third-order valence-electron chi connectivity index (χ3n) is 7.30. The first-order valence-electron chi connectivity index (χ1n) is 12.9. The number of aromatic nitrogens is 1. The number of methoxy groups -OCH3 is 1. The van der Waals surface area contributed by atoms with E-state index in [0.29, 0.717) is 24.6 Å². The van der Waals surface area contributed by atoms with E-state index in [1.54, 1.807) is 7.11 Å². The maximum absolute atomic E-state index is 14.1. The van der Waals surface area contributed by atoms with Crippen molar-refractivity contribution >= 4 is 23.1 Å². The van der Waals surface area contributed by atoms with Crippen LogP contribution < -0.4 is 14.8 Å². The van der Waals surface area contributed by atoms with Gasteiger partial charge >= 0.3 is 6.03 Å². The van der Waals surface area contributed by atoms with Gasteiger partial charge in [0.25, 0.3) is 0 Å². The van der Waals surface area contributed by atoms with Crippen molar-refractivity contribution in [3.05, 3.63) is 94.1 Å². The first kappa shape index (κ1) is 23.7. The van der Waals surface area contributed by atoms with Crippen molar-refractivity contribution in [1.29, 1.82) is 0 Å². The van der Waals surface area contributed by atoms with Gasteiger partial charge in [-0.15, -0.1) is 11.3 Å². The van der Waals surface area contributed by atoms with Gasteiger partial charge in [-0.2, -0.15) is 0 Å². The summed E-state index contributed by atoms with van der Waals surface area (Å²) in [5, 5.41) is 4.42. The number of nitrogens with one attached hydrogen (secondary N) is 1. The average Bonchev–Trinajstić information content (AvgIpc) is 3.52. The Balaban J connectivity index is 1.47. The van der Waals surface area contributed by atoms with Crippen molar-refractivity contribution < 1.29 is 14.3 Å². The maximum atomic E-state index is 14.1. The number of amides is 2. The van der Waals surface area contributed by atoms with Crippen LogP contribution in [-0.4, -0.2) is 29.2 Å². The fraction of sp³-hybridized carbons (Fsp3) is 0.300. The van der Waals surface area contributed by atoms with E-state index < -0.39 is 0 Å². The highest BCUT2D eigenvalue weighted by atomic mass is 32.1. The Morgan fingerprint density at radius 2 is 1.84 bits per heavy atom. The molecule has 2 aliphatic rings. The lowest BCUT2D eigenvalue weighted by Gasteiger charge is -2.31. The molecule has 190 valence electrons. The number of anilines is 1. The molecule has 0 bridgehead atoms. The van der Waals surface area contributed by atoms with E-state index >= 15 is 0 Å². The van der Waals surface area contributed by atoms with Gasteiger partial charge < -0.3 is 24.3 Å². The zero-order valence-corrected chi connectivity index (χ0v) is 22.0. The third-order valence-corrected chi connectivity index (χ3v) is 8.63. The second kappa shape index (κ2) is 9.98. The minimum atomic E-state index is -0.265. The smallest absolute Gasteiger partial charge is 0.323 e. The van der Waals surface area contributed by atoms with E-state index in [1.807, 2.05) is 59.6 Å². The number of aryl methyl sites for hydroxylation is 1. The molecule has 1 atom stereocenters. The predicted molar refractivity (Wildman–Crippen MR) is 147 cm³/mol. The number of carbonyl (C=O) groups is 1. The van der Waals surface area contributed by atoms with Crippen molar-refractivity contribution in [2.45, 2.75) is 45.2 Å². The number of urea groups is 1. The number of hydrogen-bond acceptors (Lipinski definition) is 4. The van der Waals surface area contributed by atoms with E-state index in [2.05, 4.69) is 40.3 Å². The quantitative estimate of drug-likeness (QED) is 0.314. The highest BCUT2D eigenvalue weighted by molar-refractivity contribution is 7.15. The summed E-state index contributed by atoms with van der Waals surface area (Å²) in [5.41, 5.74) is 5.51. The largest absolute Gasteiger partial charge is 0.497 e. The molecule has 2 aromatic carbocycles. The number of fused-ring (bicyclic) bond motifs is 5. The van der Waals surface area contributed by atoms with Crippen molar-refractivity contribution in [3.8, 4) is 16.5 Å². The number of benzene rings is 2. The number of hydrogen-bond donors (Lipinski definition) is 1. The van der Waals surface area contributed by atoms with Crippen molar-refractivity contribution in [2.24, 2.45) is 0 Å². The van der Waals surface area contributed by atoms with Crippen LogP contribution in [0, 0.1) is 0 Å². The molecule has 4 aromatic rings. The standard InChI is InChI=1S/C30H31N3O3S/c1-3-36-26-12-6-5-10-24(26)31-30(34)33-19-23-22-9-4-7-13-27(22)37-29(23)32-18-8-11-25(32)28(33)20-14-16-21(35-2)17-15-20/h5-6,8,10-12,14-18,28H,3-4,7,9,13,19H2,1-2H3,(H,31,34)/t28-/m0/s1. The molecule has 1 aliphatic carbocycles. The number of para-hydroxylation sites is 2. The molecule has 1 aliphatic heterocycles. The summed E-state index contributed by atoms with van der Waals surface area (Å²) in [5.74, 6) is 1.47. The lowest BCUT2D eigenvalue weighted by atomic mass is 9.95.